The average Bonchev–Trinajstić information content (AvgIpc) is 3.00. The topological polar surface area (TPSA) is 33.6 Å². The lowest BCUT2D eigenvalue weighted by Gasteiger charge is -2.13. The molecular weight excluding hydrogens is 329 g/mol. The standard InChI is InChI=1S/C19H17F3N2O/c20-15-5-1-12(2-6-15)17-10-23-24-18(17)13-3-7-16(8-4-13)25-11-14-9-19(14,21)22/h1-8,14,17,23H,9-11H2. The van der Waals surface area contributed by atoms with Gasteiger partial charge in [-0.1, -0.05) is 12.1 Å². The summed E-state index contributed by atoms with van der Waals surface area (Å²) in [6.07, 6.45) is -0.0904. The van der Waals surface area contributed by atoms with E-state index in [1.54, 1.807) is 24.3 Å². The zero-order chi connectivity index (χ0) is 17.4. The first-order valence-electron chi connectivity index (χ1n) is 8.20. The lowest BCUT2D eigenvalue weighted by Crippen LogP contribution is -2.14. The number of nitrogens with one attached hydrogen (secondary N) is 1. The van der Waals surface area contributed by atoms with Crippen molar-refractivity contribution in [2.45, 2.75) is 18.3 Å². The maximum Gasteiger partial charge on any atom is 0.255 e. The van der Waals surface area contributed by atoms with E-state index in [2.05, 4.69) is 10.5 Å². The molecule has 0 bridgehead atoms. The van der Waals surface area contributed by atoms with Gasteiger partial charge in [0.05, 0.1) is 18.2 Å². The van der Waals surface area contributed by atoms with Gasteiger partial charge in [0.25, 0.3) is 5.92 Å². The SMILES string of the molecule is Fc1ccc(C2CNN=C2c2ccc(OCC3CC3(F)F)cc2)cc1. The van der Waals surface area contributed by atoms with Crippen LogP contribution in [-0.4, -0.2) is 24.8 Å². The zero-order valence-corrected chi connectivity index (χ0v) is 13.4. The Morgan fingerprint density at radius 1 is 1.08 bits per heavy atom. The van der Waals surface area contributed by atoms with Crippen molar-refractivity contribution < 1.29 is 17.9 Å². The molecular formula is C19H17F3N2O. The molecule has 2 aromatic rings. The number of rotatable bonds is 5. The molecule has 130 valence electrons. The minimum atomic E-state index is -2.56. The molecule has 6 heteroatoms. The van der Waals surface area contributed by atoms with E-state index < -0.39 is 11.8 Å². The Bertz CT molecular complexity index is 787. The summed E-state index contributed by atoms with van der Waals surface area (Å²) in [4.78, 5) is 0. The van der Waals surface area contributed by atoms with Crippen LogP contribution in [0.1, 0.15) is 23.5 Å². The largest absolute Gasteiger partial charge is 0.493 e. The molecule has 0 aromatic heterocycles. The number of hydrazone groups is 1. The number of alkyl halides is 2. The minimum absolute atomic E-state index is 0.0348. The molecule has 1 aliphatic carbocycles. The van der Waals surface area contributed by atoms with Gasteiger partial charge in [-0.15, -0.1) is 0 Å². The summed E-state index contributed by atoms with van der Waals surface area (Å²) < 4.78 is 44.3. The van der Waals surface area contributed by atoms with Crippen LogP contribution in [-0.2, 0) is 0 Å². The van der Waals surface area contributed by atoms with E-state index in [4.69, 9.17) is 4.74 Å². The van der Waals surface area contributed by atoms with Crippen molar-refractivity contribution >= 4 is 5.71 Å². The summed E-state index contributed by atoms with van der Waals surface area (Å²) in [5.41, 5.74) is 5.76. The predicted molar refractivity (Wildman–Crippen MR) is 88.7 cm³/mol. The molecule has 0 amide bonds. The molecule has 2 unspecified atom stereocenters. The highest BCUT2D eigenvalue weighted by Gasteiger charge is 2.57. The number of benzene rings is 2. The lowest BCUT2D eigenvalue weighted by atomic mass is 9.91. The molecule has 2 aromatic carbocycles. The summed E-state index contributed by atoms with van der Waals surface area (Å²) in [6.45, 7) is 0.684. The second-order valence-electron chi connectivity index (χ2n) is 6.46. The van der Waals surface area contributed by atoms with Gasteiger partial charge in [-0.25, -0.2) is 13.2 Å². The molecule has 1 N–H and O–H groups in total. The van der Waals surface area contributed by atoms with E-state index in [9.17, 15) is 13.2 Å². The molecule has 0 spiro atoms. The van der Waals surface area contributed by atoms with Crippen molar-refractivity contribution in [3.05, 3.63) is 65.5 Å². The Morgan fingerprint density at radius 2 is 1.76 bits per heavy atom. The van der Waals surface area contributed by atoms with Gasteiger partial charge < -0.3 is 10.2 Å². The molecule has 0 saturated heterocycles. The summed E-state index contributed by atoms with van der Waals surface area (Å²) in [7, 11) is 0. The second kappa shape index (κ2) is 6.10. The number of ether oxygens (including phenoxy) is 1. The van der Waals surface area contributed by atoms with Crippen molar-refractivity contribution in [3.8, 4) is 5.75 Å². The number of halogens is 3. The highest BCUT2D eigenvalue weighted by atomic mass is 19.3. The van der Waals surface area contributed by atoms with Gasteiger partial charge >= 0.3 is 0 Å². The molecule has 25 heavy (non-hydrogen) atoms. The van der Waals surface area contributed by atoms with Crippen LogP contribution in [0.25, 0.3) is 0 Å². The van der Waals surface area contributed by atoms with E-state index in [0.717, 1.165) is 16.8 Å². The fourth-order valence-corrected chi connectivity index (χ4v) is 3.00. The molecule has 4 rings (SSSR count). The third kappa shape index (κ3) is 3.34. The molecule has 2 atom stereocenters. The number of hydrogen-bond acceptors (Lipinski definition) is 3. The van der Waals surface area contributed by atoms with E-state index in [0.29, 0.717) is 12.3 Å². The minimum Gasteiger partial charge on any atom is -0.493 e. The summed E-state index contributed by atoms with van der Waals surface area (Å²) in [5.74, 6) is -2.89. The number of hydrogen-bond donors (Lipinski definition) is 1. The molecule has 0 radical (unpaired) electrons. The lowest BCUT2D eigenvalue weighted by molar-refractivity contribution is 0.0856. The third-order valence-corrected chi connectivity index (χ3v) is 4.65. The van der Waals surface area contributed by atoms with Crippen molar-refractivity contribution in [1.82, 2.24) is 5.43 Å². The fraction of sp³-hybridized carbons (Fsp3) is 0.316. The third-order valence-electron chi connectivity index (χ3n) is 4.65. The second-order valence-corrected chi connectivity index (χ2v) is 6.46. The van der Waals surface area contributed by atoms with Crippen molar-refractivity contribution in [2.75, 3.05) is 13.2 Å². The Balaban J connectivity index is 1.44. The molecule has 1 aliphatic heterocycles. The van der Waals surface area contributed by atoms with E-state index in [1.807, 2.05) is 12.1 Å². The molecule has 1 heterocycles. The van der Waals surface area contributed by atoms with E-state index in [-0.39, 0.29) is 24.8 Å². The predicted octanol–water partition coefficient (Wildman–Crippen LogP) is 3.95. The Kier molecular flexibility index (Phi) is 3.90. The Labute approximate surface area is 143 Å². The molecule has 1 saturated carbocycles. The van der Waals surface area contributed by atoms with E-state index in [1.165, 1.54) is 12.1 Å². The van der Waals surface area contributed by atoms with E-state index >= 15 is 0 Å². The van der Waals surface area contributed by atoms with Crippen LogP contribution in [0.5, 0.6) is 5.75 Å². The molecule has 1 fully saturated rings. The van der Waals surface area contributed by atoms with Crippen LogP contribution < -0.4 is 10.2 Å². The molecule has 3 nitrogen and oxygen atoms in total. The van der Waals surface area contributed by atoms with Gasteiger partial charge in [0.1, 0.15) is 11.6 Å². The normalized spacial score (nSPS) is 23.7. The quantitative estimate of drug-likeness (QED) is 0.889. The van der Waals surface area contributed by atoms with Gasteiger partial charge in [0.15, 0.2) is 0 Å². The van der Waals surface area contributed by atoms with Crippen molar-refractivity contribution in [2.24, 2.45) is 11.0 Å². The van der Waals surface area contributed by atoms with Crippen LogP contribution >= 0.6 is 0 Å². The molecule has 2 aliphatic rings. The van der Waals surface area contributed by atoms with Gasteiger partial charge in [-0.2, -0.15) is 5.10 Å². The average molecular weight is 346 g/mol. The zero-order valence-electron chi connectivity index (χ0n) is 13.4. The van der Waals surface area contributed by atoms with Crippen molar-refractivity contribution in [1.29, 1.82) is 0 Å². The smallest absolute Gasteiger partial charge is 0.255 e. The van der Waals surface area contributed by atoms with Crippen LogP contribution in [0.3, 0.4) is 0 Å². The van der Waals surface area contributed by atoms with Gasteiger partial charge in [-0.3, -0.25) is 0 Å². The summed E-state index contributed by atoms with van der Waals surface area (Å²) in [6, 6.07) is 13.7. The highest BCUT2D eigenvalue weighted by molar-refractivity contribution is 6.06. The number of nitrogens with zero attached hydrogens (tertiary/aromatic N) is 1. The Morgan fingerprint density at radius 3 is 2.40 bits per heavy atom. The fourth-order valence-electron chi connectivity index (χ4n) is 3.00. The first-order valence-corrected chi connectivity index (χ1v) is 8.20. The monoisotopic (exact) mass is 346 g/mol. The maximum atomic E-state index is 13.1. The van der Waals surface area contributed by atoms with Gasteiger partial charge in [0.2, 0.25) is 0 Å². The van der Waals surface area contributed by atoms with Gasteiger partial charge in [0, 0.05) is 18.9 Å². The van der Waals surface area contributed by atoms with Crippen molar-refractivity contribution in [3.63, 3.8) is 0 Å². The Hall–Kier alpha value is -2.50. The van der Waals surface area contributed by atoms with Crippen LogP contribution in [0.4, 0.5) is 13.2 Å². The van der Waals surface area contributed by atoms with Crippen LogP contribution in [0.2, 0.25) is 0 Å². The summed E-state index contributed by atoms with van der Waals surface area (Å²) in [5, 5.41) is 4.35. The first kappa shape index (κ1) is 16.0. The van der Waals surface area contributed by atoms with Crippen LogP contribution in [0, 0.1) is 11.7 Å². The van der Waals surface area contributed by atoms with Gasteiger partial charge in [-0.05, 0) is 47.5 Å². The summed E-state index contributed by atoms with van der Waals surface area (Å²) >= 11 is 0. The van der Waals surface area contributed by atoms with Crippen LogP contribution in [0.15, 0.2) is 53.6 Å². The first-order chi connectivity index (χ1) is 12.0. The maximum absolute atomic E-state index is 13.1. The highest BCUT2D eigenvalue weighted by Crippen LogP contribution is 2.48.